The van der Waals surface area contributed by atoms with Gasteiger partial charge in [0.1, 0.15) is 18.4 Å². The number of hydrogen-bond acceptors (Lipinski definition) is 9. The Morgan fingerprint density at radius 1 is 1.17 bits per heavy atom. The van der Waals surface area contributed by atoms with E-state index in [0.29, 0.717) is 28.7 Å². The summed E-state index contributed by atoms with van der Waals surface area (Å²) in [6.07, 6.45) is -1.25. The van der Waals surface area contributed by atoms with Crippen molar-refractivity contribution >= 4 is 34.9 Å². The molecular formula is C28H27N3O10. The summed E-state index contributed by atoms with van der Waals surface area (Å²) in [7, 11) is 0. The average molecular weight is 566 g/mol. The number of esters is 1. The molecule has 0 saturated heterocycles. The minimum absolute atomic E-state index is 0.0308. The van der Waals surface area contributed by atoms with E-state index in [9.17, 15) is 34.2 Å². The molecule has 0 radical (unpaired) electrons. The number of aromatic nitrogens is 2. The van der Waals surface area contributed by atoms with Crippen molar-refractivity contribution in [3.63, 3.8) is 0 Å². The number of cyclic esters (lactones) is 1. The van der Waals surface area contributed by atoms with Crippen LogP contribution < -0.4 is 15.6 Å². The lowest BCUT2D eigenvalue weighted by atomic mass is 9.86. The van der Waals surface area contributed by atoms with Gasteiger partial charge in [-0.25, -0.2) is 19.4 Å². The highest BCUT2D eigenvalue weighted by atomic mass is 16.6. The normalized spacial score (nSPS) is 17.7. The molecule has 2 aliphatic rings. The lowest BCUT2D eigenvalue weighted by molar-refractivity contribution is -0.172. The zero-order valence-corrected chi connectivity index (χ0v) is 22.2. The Labute approximate surface area is 232 Å². The summed E-state index contributed by atoms with van der Waals surface area (Å²) < 4.78 is 12.0. The molecule has 3 aromatic rings. The summed E-state index contributed by atoms with van der Waals surface area (Å²) in [5.74, 6) is -3.27. The number of aliphatic carboxylic acids is 2. The van der Waals surface area contributed by atoms with Gasteiger partial charge in [-0.15, -0.1) is 0 Å². The predicted molar refractivity (Wildman–Crippen MR) is 141 cm³/mol. The third-order valence-electron chi connectivity index (χ3n) is 7.58. The van der Waals surface area contributed by atoms with Crippen LogP contribution in [-0.2, 0) is 44.3 Å². The van der Waals surface area contributed by atoms with Gasteiger partial charge in [0, 0.05) is 22.9 Å². The molecule has 214 valence electrons. The molecule has 0 spiro atoms. The number of pyridine rings is 2. The zero-order chi connectivity index (χ0) is 29.6. The lowest BCUT2D eigenvalue weighted by Crippen LogP contribution is -2.44. The number of carbonyl (C=O) groups excluding carboxylic acids is 2. The number of carbonyl (C=O) groups is 4. The zero-order valence-electron chi connectivity index (χ0n) is 22.2. The molecule has 2 atom stereocenters. The molecule has 0 saturated carbocycles. The van der Waals surface area contributed by atoms with Crippen LogP contribution in [0.1, 0.15) is 55.4 Å². The van der Waals surface area contributed by atoms with Gasteiger partial charge in [0.25, 0.3) is 5.56 Å². The van der Waals surface area contributed by atoms with Crippen LogP contribution in [0, 0.1) is 0 Å². The molecule has 0 bridgehead atoms. The Morgan fingerprint density at radius 2 is 1.93 bits per heavy atom. The maximum absolute atomic E-state index is 13.5. The van der Waals surface area contributed by atoms with Crippen LogP contribution in [0.15, 0.2) is 29.1 Å². The number of hydrogen-bond donors (Lipinski definition) is 4. The Kier molecular flexibility index (Phi) is 6.99. The second-order valence-electron chi connectivity index (χ2n) is 9.91. The number of nitrogens with one attached hydrogen (secondary N) is 1. The Bertz CT molecular complexity index is 1690. The smallest absolute Gasteiger partial charge is 0.413 e. The third-order valence-corrected chi connectivity index (χ3v) is 7.58. The van der Waals surface area contributed by atoms with Crippen molar-refractivity contribution < 1.29 is 44.0 Å². The first-order valence-corrected chi connectivity index (χ1v) is 13.0. The van der Waals surface area contributed by atoms with Crippen molar-refractivity contribution in [1.29, 1.82) is 0 Å². The van der Waals surface area contributed by atoms with E-state index in [0.717, 1.165) is 11.1 Å². The number of ether oxygens (including phenoxy) is 2. The topological polar surface area (TPSA) is 194 Å². The molecule has 0 fully saturated rings. The Hall–Kier alpha value is -4.78. The van der Waals surface area contributed by atoms with Gasteiger partial charge in [-0.2, -0.15) is 0 Å². The summed E-state index contributed by atoms with van der Waals surface area (Å²) in [4.78, 5) is 65.3. The van der Waals surface area contributed by atoms with E-state index in [2.05, 4.69) is 5.32 Å². The summed E-state index contributed by atoms with van der Waals surface area (Å²) >= 11 is 0. The van der Waals surface area contributed by atoms with Crippen molar-refractivity contribution in [3.8, 4) is 17.1 Å². The lowest BCUT2D eigenvalue weighted by Gasteiger charge is -2.31. The fraction of sp³-hybridized carbons (Fsp3) is 0.357. The molecule has 4 heterocycles. The Morgan fingerprint density at radius 3 is 2.59 bits per heavy atom. The van der Waals surface area contributed by atoms with Crippen molar-refractivity contribution in [2.45, 2.75) is 64.3 Å². The van der Waals surface area contributed by atoms with Crippen LogP contribution in [0.25, 0.3) is 22.3 Å². The van der Waals surface area contributed by atoms with Gasteiger partial charge in [-0.3, -0.25) is 9.59 Å². The third kappa shape index (κ3) is 4.67. The molecule has 1 amide bonds. The van der Waals surface area contributed by atoms with Gasteiger partial charge in [-0.1, -0.05) is 13.8 Å². The molecule has 13 nitrogen and oxygen atoms in total. The first-order valence-electron chi connectivity index (χ1n) is 13.0. The van der Waals surface area contributed by atoms with Crippen molar-refractivity contribution in [2.75, 3.05) is 0 Å². The van der Waals surface area contributed by atoms with Crippen LogP contribution in [0.2, 0.25) is 0 Å². The van der Waals surface area contributed by atoms with E-state index in [1.807, 2.05) is 6.92 Å². The minimum atomic E-state index is -1.93. The minimum Gasteiger partial charge on any atom is -0.481 e. The van der Waals surface area contributed by atoms with E-state index >= 15 is 0 Å². The highest BCUT2D eigenvalue weighted by molar-refractivity contribution is 5.90. The van der Waals surface area contributed by atoms with Gasteiger partial charge in [-0.05, 0) is 49.1 Å². The summed E-state index contributed by atoms with van der Waals surface area (Å²) in [5.41, 5.74) is 1.31. The largest absolute Gasteiger partial charge is 0.481 e. The van der Waals surface area contributed by atoms with Gasteiger partial charge >= 0.3 is 24.0 Å². The molecule has 2 aliphatic heterocycles. The van der Waals surface area contributed by atoms with E-state index in [1.54, 1.807) is 25.1 Å². The fourth-order valence-electron chi connectivity index (χ4n) is 5.41. The number of carboxylic acids is 2. The number of fused-ring (bicyclic) bond motifs is 5. The van der Waals surface area contributed by atoms with Gasteiger partial charge in [0.2, 0.25) is 0 Å². The second kappa shape index (κ2) is 10.3. The Balaban J connectivity index is 1.51. The maximum atomic E-state index is 13.5. The molecule has 13 heteroatoms. The van der Waals surface area contributed by atoms with E-state index in [4.69, 9.17) is 19.6 Å². The quantitative estimate of drug-likeness (QED) is 0.228. The first-order chi connectivity index (χ1) is 19.5. The molecule has 0 aliphatic carbocycles. The number of amides is 1. The summed E-state index contributed by atoms with van der Waals surface area (Å²) in [6.45, 7) is 3.53. The van der Waals surface area contributed by atoms with Crippen LogP contribution in [0.3, 0.4) is 0 Å². The van der Waals surface area contributed by atoms with Crippen LogP contribution in [0.5, 0.6) is 5.75 Å². The number of carboxylic acid groups (broad SMARTS) is 2. The van der Waals surface area contributed by atoms with Crippen molar-refractivity contribution in [3.05, 3.63) is 56.9 Å². The number of aliphatic hydroxyl groups is 1. The van der Waals surface area contributed by atoms with Crippen LogP contribution in [0.4, 0.5) is 4.79 Å². The van der Waals surface area contributed by atoms with Crippen LogP contribution in [-0.4, -0.2) is 54.9 Å². The maximum Gasteiger partial charge on any atom is 0.413 e. The molecule has 1 aromatic carbocycles. The van der Waals surface area contributed by atoms with E-state index < -0.39 is 42.1 Å². The van der Waals surface area contributed by atoms with Crippen LogP contribution >= 0.6 is 0 Å². The SMILES string of the molecule is CCc1c2c(nc3ccc(OC(=O)NC(CCC(=O)O)C(=O)O)cc13)-c1cc3c(c(=O)n1C2)COC(=O)[C@]3(O)CC. The number of nitrogens with zero attached hydrogens (tertiary/aromatic N) is 2. The number of benzene rings is 1. The highest BCUT2D eigenvalue weighted by Gasteiger charge is 2.45. The number of aryl methyl sites for hydroxylation is 1. The monoisotopic (exact) mass is 565 g/mol. The molecular weight excluding hydrogens is 538 g/mol. The molecule has 1 unspecified atom stereocenters. The van der Waals surface area contributed by atoms with Crippen molar-refractivity contribution in [1.82, 2.24) is 14.9 Å². The van der Waals surface area contributed by atoms with Gasteiger partial charge in [0.05, 0.1) is 29.0 Å². The molecule has 2 aromatic heterocycles. The molecule has 5 rings (SSSR count). The van der Waals surface area contributed by atoms with Gasteiger partial charge in [0.15, 0.2) is 5.60 Å². The predicted octanol–water partition coefficient (Wildman–Crippen LogP) is 2.05. The summed E-state index contributed by atoms with van der Waals surface area (Å²) in [6, 6.07) is 4.89. The van der Waals surface area contributed by atoms with E-state index in [1.165, 1.54) is 10.6 Å². The number of rotatable bonds is 8. The van der Waals surface area contributed by atoms with Gasteiger partial charge < -0.3 is 34.7 Å². The standard InChI is InChI=1S/C28H27N3O10/c1-3-14-15-9-13(41-27(38)30-20(25(35)36)7-8-22(32)33)5-6-19(15)29-23-16(14)11-31-21(23)10-18-17(24(31)34)12-40-26(37)28(18,39)4-2/h5-6,9-10,20,39H,3-4,7-8,11-12H2,1-2H3,(H,30,38)(H,32,33)(H,35,36)/t20?,28-/m0/s1. The molecule has 41 heavy (non-hydrogen) atoms. The van der Waals surface area contributed by atoms with Crippen molar-refractivity contribution in [2.24, 2.45) is 0 Å². The fourth-order valence-corrected chi connectivity index (χ4v) is 5.41. The highest BCUT2D eigenvalue weighted by Crippen LogP contribution is 2.40. The summed E-state index contributed by atoms with van der Waals surface area (Å²) in [5, 5.41) is 32.0. The first kappa shape index (κ1) is 27.8. The average Bonchev–Trinajstić information content (AvgIpc) is 3.30. The van der Waals surface area contributed by atoms with E-state index in [-0.39, 0.29) is 48.4 Å². The molecule has 4 N–H and O–H groups in total. The second-order valence-corrected chi connectivity index (χ2v) is 9.91.